The molecule has 4 nitrogen and oxygen atoms in total. The van der Waals surface area contributed by atoms with E-state index in [1.807, 2.05) is 0 Å². The van der Waals surface area contributed by atoms with Crippen molar-refractivity contribution in [2.24, 2.45) is 0 Å². The molecule has 0 aliphatic carbocycles. The van der Waals surface area contributed by atoms with E-state index in [-0.39, 0.29) is 4.90 Å². The van der Waals surface area contributed by atoms with Gasteiger partial charge in [-0.3, -0.25) is 0 Å². The zero-order valence-corrected chi connectivity index (χ0v) is 13.4. The fraction of sp³-hybridized carbons (Fsp3) is 0.500. The van der Waals surface area contributed by atoms with Crippen LogP contribution < -0.4 is 9.46 Å². The highest BCUT2D eigenvalue weighted by Gasteiger charge is 2.39. The van der Waals surface area contributed by atoms with Gasteiger partial charge in [-0.05, 0) is 47.8 Å². The van der Waals surface area contributed by atoms with Crippen LogP contribution in [0.25, 0.3) is 0 Å². The van der Waals surface area contributed by atoms with E-state index < -0.39 is 22.2 Å². The van der Waals surface area contributed by atoms with Crippen molar-refractivity contribution in [3.05, 3.63) is 22.2 Å². The van der Waals surface area contributed by atoms with Gasteiger partial charge >= 0.3 is 6.18 Å². The minimum absolute atomic E-state index is 0.170. The average molecular weight is 388 g/mol. The van der Waals surface area contributed by atoms with Crippen molar-refractivity contribution in [2.75, 3.05) is 6.61 Å². The van der Waals surface area contributed by atoms with Crippen LogP contribution in [0.15, 0.2) is 21.5 Å². The average Bonchev–Trinajstić information content (AvgIpc) is 2.37. The molecule has 1 atom stereocenters. The van der Waals surface area contributed by atoms with E-state index in [9.17, 15) is 21.6 Å². The summed E-state index contributed by atoms with van der Waals surface area (Å²) in [5, 5.41) is 0. The molecule has 1 aliphatic rings. The number of sulfonamides is 1. The third-order valence-corrected chi connectivity index (χ3v) is 5.35. The monoisotopic (exact) mass is 387 g/mol. The third-order valence-electron chi connectivity index (χ3n) is 3.10. The quantitative estimate of drug-likeness (QED) is 0.867. The van der Waals surface area contributed by atoms with Gasteiger partial charge in [-0.25, -0.2) is 8.42 Å². The van der Waals surface area contributed by atoms with Crippen molar-refractivity contribution in [1.82, 2.24) is 4.72 Å². The van der Waals surface area contributed by atoms with Gasteiger partial charge in [0.25, 0.3) is 0 Å². The number of ether oxygens (including phenoxy) is 1. The third kappa shape index (κ3) is 3.51. The normalized spacial score (nSPS) is 17.0. The van der Waals surface area contributed by atoms with Gasteiger partial charge in [0, 0.05) is 5.56 Å². The van der Waals surface area contributed by atoms with E-state index in [0.717, 1.165) is 6.92 Å². The molecule has 1 aliphatic heterocycles. The fourth-order valence-corrected chi connectivity index (χ4v) is 3.99. The van der Waals surface area contributed by atoms with Gasteiger partial charge in [0.1, 0.15) is 11.8 Å². The fourth-order valence-electron chi connectivity index (χ4n) is 2.01. The Morgan fingerprint density at radius 3 is 2.67 bits per heavy atom. The molecule has 1 N–H and O–H groups in total. The molecule has 0 fully saturated rings. The van der Waals surface area contributed by atoms with Crippen LogP contribution in [0, 0.1) is 0 Å². The lowest BCUT2D eigenvalue weighted by Gasteiger charge is -2.23. The lowest BCUT2D eigenvalue weighted by atomic mass is 10.1. The van der Waals surface area contributed by atoms with Gasteiger partial charge in [-0.15, -0.1) is 0 Å². The predicted molar refractivity (Wildman–Crippen MR) is 73.8 cm³/mol. The summed E-state index contributed by atoms with van der Waals surface area (Å²) in [4.78, 5) is -0.170. The number of benzene rings is 1. The van der Waals surface area contributed by atoms with Crippen LogP contribution in [0.2, 0.25) is 0 Å². The Morgan fingerprint density at radius 1 is 1.38 bits per heavy atom. The number of nitrogens with one attached hydrogen (secondary N) is 1. The van der Waals surface area contributed by atoms with Crippen LogP contribution in [0.1, 0.15) is 18.9 Å². The SMILES string of the molecule is C[C@H](NS(=O)(=O)c1ccc(Br)c2c1CCCO2)C(F)(F)F. The maximum atomic E-state index is 12.5. The van der Waals surface area contributed by atoms with Gasteiger partial charge in [-0.2, -0.15) is 17.9 Å². The van der Waals surface area contributed by atoms with Crippen LogP contribution in [0.3, 0.4) is 0 Å². The maximum absolute atomic E-state index is 12.5. The number of halogens is 4. The smallest absolute Gasteiger partial charge is 0.404 e. The van der Waals surface area contributed by atoms with Gasteiger partial charge < -0.3 is 4.74 Å². The Kier molecular flexibility index (Phi) is 4.55. The van der Waals surface area contributed by atoms with Crippen LogP contribution >= 0.6 is 15.9 Å². The summed E-state index contributed by atoms with van der Waals surface area (Å²) in [5.41, 5.74) is 0.400. The zero-order chi connectivity index (χ0) is 15.8. The molecule has 1 aromatic rings. The Balaban J connectivity index is 2.42. The zero-order valence-electron chi connectivity index (χ0n) is 11.0. The van der Waals surface area contributed by atoms with Crippen molar-refractivity contribution < 1.29 is 26.3 Å². The molecule has 9 heteroatoms. The van der Waals surface area contributed by atoms with E-state index in [1.54, 1.807) is 4.72 Å². The summed E-state index contributed by atoms with van der Waals surface area (Å²) in [5.74, 6) is 0.379. The number of alkyl halides is 3. The molecule has 0 amide bonds. The largest absolute Gasteiger partial charge is 0.492 e. The number of rotatable bonds is 3. The summed E-state index contributed by atoms with van der Waals surface area (Å²) in [6.07, 6.45) is -3.59. The van der Waals surface area contributed by atoms with E-state index in [1.165, 1.54) is 12.1 Å². The summed E-state index contributed by atoms with van der Waals surface area (Å²) in [6.45, 7) is 1.21. The summed E-state index contributed by atoms with van der Waals surface area (Å²) < 4.78 is 69.6. The van der Waals surface area contributed by atoms with Gasteiger partial charge in [-0.1, -0.05) is 0 Å². The van der Waals surface area contributed by atoms with Gasteiger partial charge in [0.2, 0.25) is 10.0 Å². The topological polar surface area (TPSA) is 55.4 Å². The van der Waals surface area contributed by atoms with Crippen molar-refractivity contribution in [2.45, 2.75) is 36.9 Å². The minimum Gasteiger partial charge on any atom is -0.492 e. The number of fused-ring (bicyclic) bond motifs is 1. The van der Waals surface area contributed by atoms with E-state index in [4.69, 9.17) is 4.74 Å². The summed E-state index contributed by atoms with van der Waals surface area (Å²) in [6, 6.07) is 0.575. The second-order valence-electron chi connectivity index (χ2n) is 4.69. The van der Waals surface area contributed by atoms with Gasteiger partial charge in [0.05, 0.1) is 16.0 Å². The molecular formula is C12H13BrF3NO3S. The minimum atomic E-state index is -4.64. The summed E-state index contributed by atoms with van der Waals surface area (Å²) in [7, 11) is -4.27. The lowest BCUT2D eigenvalue weighted by Crippen LogP contribution is -2.43. The highest BCUT2D eigenvalue weighted by atomic mass is 79.9. The van der Waals surface area contributed by atoms with E-state index >= 15 is 0 Å². The molecule has 21 heavy (non-hydrogen) atoms. The highest BCUT2D eigenvalue weighted by Crippen LogP contribution is 2.37. The maximum Gasteiger partial charge on any atom is 0.404 e. The molecule has 0 bridgehead atoms. The van der Waals surface area contributed by atoms with Crippen molar-refractivity contribution in [1.29, 1.82) is 0 Å². The highest BCUT2D eigenvalue weighted by molar-refractivity contribution is 9.10. The predicted octanol–water partition coefficient (Wildman–Crippen LogP) is 3.00. The van der Waals surface area contributed by atoms with E-state index in [2.05, 4.69) is 15.9 Å². The van der Waals surface area contributed by atoms with Crippen molar-refractivity contribution in [3.8, 4) is 5.75 Å². The van der Waals surface area contributed by atoms with Crippen molar-refractivity contribution in [3.63, 3.8) is 0 Å². The molecule has 0 saturated carbocycles. The Hall–Kier alpha value is -0.800. The first-order chi connectivity index (χ1) is 9.63. The molecule has 1 aromatic carbocycles. The molecule has 0 radical (unpaired) electrons. The number of hydrogen-bond acceptors (Lipinski definition) is 3. The molecule has 1 heterocycles. The lowest BCUT2D eigenvalue weighted by molar-refractivity contribution is -0.147. The molecule has 0 aromatic heterocycles. The molecule has 0 saturated heterocycles. The van der Waals surface area contributed by atoms with Gasteiger partial charge in [0.15, 0.2) is 0 Å². The first-order valence-corrected chi connectivity index (χ1v) is 8.44. The Labute approximate surface area is 128 Å². The molecule has 2 rings (SSSR count). The first kappa shape index (κ1) is 16.6. The standard InChI is InChI=1S/C12H13BrF3NO3S/c1-7(12(14,15)16)17-21(18,19)10-5-4-9(13)11-8(10)3-2-6-20-11/h4-5,7,17H,2-3,6H2,1H3/t7-/m0/s1. The number of hydrogen-bond donors (Lipinski definition) is 1. The molecule has 0 spiro atoms. The van der Waals surface area contributed by atoms with Crippen LogP contribution in [-0.4, -0.2) is 27.2 Å². The molecule has 0 unspecified atom stereocenters. The van der Waals surface area contributed by atoms with E-state index in [0.29, 0.717) is 35.2 Å². The van der Waals surface area contributed by atoms with Crippen molar-refractivity contribution >= 4 is 26.0 Å². The Bertz CT molecular complexity index is 646. The van der Waals surface area contributed by atoms with Crippen LogP contribution in [0.5, 0.6) is 5.75 Å². The van der Waals surface area contributed by atoms with Crippen LogP contribution in [0.4, 0.5) is 13.2 Å². The second kappa shape index (κ2) is 5.77. The van der Waals surface area contributed by atoms with Crippen LogP contribution in [-0.2, 0) is 16.4 Å². The first-order valence-electron chi connectivity index (χ1n) is 6.16. The molecule has 118 valence electrons. The molecular weight excluding hydrogens is 375 g/mol. The second-order valence-corrected chi connectivity index (χ2v) is 7.23. The summed E-state index contributed by atoms with van der Waals surface area (Å²) >= 11 is 3.25. The Morgan fingerprint density at radius 2 is 2.05 bits per heavy atom.